The van der Waals surface area contributed by atoms with Gasteiger partial charge in [0.25, 0.3) is 0 Å². The average Bonchev–Trinajstić information content (AvgIpc) is 3.74. The third kappa shape index (κ3) is 6.94. The summed E-state index contributed by atoms with van der Waals surface area (Å²) in [5.74, 6) is 1.69. The van der Waals surface area contributed by atoms with Gasteiger partial charge in [-0.15, -0.1) is 0 Å². The molecule has 0 unspecified atom stereocenters. The Balaban J connectivity index is 1.03. The van der Waals surface area contributed by atoms with Crippen molar-refractivity contribution in [2.24, 2.45) is 0 Å². The molecule has 0 bridgehead atoms. The molecule has 3 aromatic heterocycles. The summed E-state index contributed by atoms with van der Waals surface area (Å²) >= 11 is 0. The number of furan rings is 1. The van der Waals surface area contributed by atoms with Gasteiger partial charge in [0.2, 0.25) is 0 Å². The second-order valence-corrected chi connectivity index (χ2v) is 15.0. The molecule has 0 spiro atoms. The maximum atomic E-state index is 6.67. The fourth-order valence-electron chi connectivity index (χ4n) is 8.11. The summed E-state index contributed by atoms with van der Waals surface area (Å²) in [6.07, 6.45) is 1.85. The molecule has 61 heavy (non-hydrogen) atoms. The van der Waals surface area contributed by atoms with Crippen molar-refractivity contribution in [2.45, 2.75) is 0 Å². The predicted octanol–water partition coefficient (Wildman–Crippen LogP) is 14.5. The number of rotatable bonds is 8. The standard InChI is InChI=1S/C56H36N4O/c1-4-12-37(13-5-1)40-22-24-43(25-23-40)46-18-10-19-47(36-46)55-58-54(45-32-28-42(29-33-45)39-16-8-3-9-17-39)59-56(60-55)49-20-11-21-50-51(49)52-53(61-50)48(34-35-57-52)44-30-26-41(27-31-44)38-14-6-2-7-15-38/h1-36H. The molecule has 5 heteroatoms. The molecular formula is C56H36N4O. The zero-order chi connectivity index (χ0) is 40.5. The Labute approximate surface area is 353 Å². The number of pyridine rings is 1. The fraction of sp³-hybridized carbons (Fsp3) is 0. The van der Waals surface area contributed by atoms with Crippen LogP contribution in [-0.4, -0.2) is 19.9 Å². The molecule has 0 aliphatic heterocycles. The minimum atomic E-state index is 0.539. The lowest BCUT2D eigenvalue weighted by Gasteiger charge is -2.11. The molecule has 0 fully saturated rings. The van der Waals surface area contributed by atoms with Gasteiger partial charge < -0.3 is 4.42 Å². The van der Waals surface area contributed by atoms with Crippen molar-refractivity contribution in [3.8, 4) is 89.8 Å². The van der Waals surface area contributed by atoms with Crippen LogP contribution < -0.4 is 0 Å². The van der Waals surface area contributed by atoms with Crippen molar-refractivity contribution < 1.29 is 4.42 Å². The first-order valence-corrected chi connectivity index (χ1v) is 20.4. The molecule has 0 N–H and O–H groups in total. The summed E-state index contributed by atoms with van der Waals surface area (Å²) < 4.78 is 6.67. The lowest BCUT2D eigenvalue weighted by atomic mass is 9.99. The van der Waals surface area contributed by atoms with Gasteiger partial charge in [-0.25, -0.2) is 15.0 Å². The van der Waals surface area contributed by atoms with E-state index in [9.17, 15) is 0 Å². The topological polar surface area (TPSA) is 64.7 Å². The Kier molecular flexibility index (Phi) is 9.10. The molecule has 11 aromatic rings. The normalized spacial score (nSPS) is 11.3. The van der Waals surface area contributed by atoms with Gasteiger partial charge in [0.15, 0.2) is 23.1 Å². The summed E-state index contributed by atoms with van der Waals surface area (Å²) in [4.78, 5) is 20.5. The third-order valence-electron chi connectivity index (χ3n) is 11.3. The van der Waals surface area contributed by atoms with Crippen molar-refractivity contribution in [2.75, 3.05) is 0 Å². The maximum Gasteiger partial charge on any atom is 0.164 e. The monoisotopic (exact) mass is 780 g/mol. The van der Waals surface area contributed by atoms with Gasteiger partial charge in [-0.2, -0.15) is 0 Å². The van der Waals surface area contributed by atoms with Crippen molar-refractivity contribution in [1.82, 2.24) is 19.9 Å². The quantitative estimate of drug-likeness (QED) is 0.154. The van der Waals surface area contributed by atoms with E-state index in [-0.39, 0.29) is 0 Å². The summed E-state index contributed by atoms with van der Waals surface area (Å²) in [5, 5.41) is 0.857. The number of nitrogens with zero attached hydrogens (tertiary/aromatic N) is 4. The molecule has 3 heterocycles. The summed E-state index contributed by atoms with van der Waals surface area (Å²) in [7, 11) is 0. The minimum Gasteiger partial charge on any atom is -0.454 e. The van der Waals surface area contributed by atoms with Crippen molar-refractivity contribution in [1.29, 1.82) is 0 Å². The van der Waals surface area contributed by atoms with Crippen LogP contribution in [0.1, 0.15) is 0 Å². The molecule has 0 amide bonds. The third-order valence-corrected chi connectivity index (χ3v) is 11.3. The molecule has 8 aromatic carbocycles. The number of hydrogen-bond acceptors (Lipinski definition) is 5. The van der Waals surface area contributed by atoms with E-state index in [0.717, 1.165) is 72.1 Å². The number of fused-ring (bicyclic) bond motifs is 3. The van der Waals surface area contributed by atoms with Gasteiger partial charge in [-0.05, 0) is 68.3 Å². The van der Waals surface area contributed by atoms with Crippen molar-refractivity contribution in [3.63, 3.8) is 0 Å². The highest BCUT2D eigenvalue weighted by molar-refractivity contribution is 6.13. The highest BCUT2D eigenvalue weighted by Crippen LogP contribution is 2.40. The first-order chi connectivity index (χ1) is 30.2. The Hall–Kier alpha value is -8.28. The largest absolute Gasteiger partial charge is 0.454 e. The van der Waals surface area contributed by atoms with Gasteiger partial charge in [-0.3, -0.25) is 4.98 Å². The van der Waals surface area contributed by atoms with Crippen LogP contribution >= 0.6 is 0 Å². The van der Waals surface area contributed by atoms with Gasteiger partial charge in [0.1, 0.15) is 11.1 Å². The van der Waals surface area contributed by atoms with Gasteiger partial charge in [0, 0.05) is 28.5 Å². The van der Waals surface area contributed by atoms with Crippen LogP contribution in [0.25, 0.3) is 112 Å². The zero-order valence-corrected chi connectivity index (χ0v) is 33.0. The van der Waals surface area contributed by atoms with Crippen LogP contribution in [0.4, 0.5) is 0 Å². The van der Waals surface area contributed by atoms with Gasteiger partial charge in [0.05, 0.1) is 5.39 Å². The molecule has 0 saturated heterocycles. The molecule has 0 radical (unpaired) electrons. The summed E-state index contributed by atoms with van der Waals surface area (Å²) in [5.41, 5.74) is 15.9. The second-order valence-electron chi connectivity index (χ2n) is 15.0. The molecular weight excluding hydrogens is 745 g/mol. The Morgan fingerprint density at radius 2 is 0.721 bits per heavy atom. The molecule has 5 nitrogen and oxygen atoms in total. The number of benzene rings is 8. The fourth-order valence-corrected chi connectivity index (χ4v) is 8.11. The van der Waals surface area contributed by atoms with Crippen LogP contribution in [0.15, 0.2) is 223 Å². The van der Waals surface area contributed by atoms with Crippen LogP contribution in [0.2, 0.25) is 0 Å². The first kappa shape index (κ1) is 35.8. The Morgan fingerprint density at radius 3 is 1.30 bits per heavy atom. The van der Waals surface area contributed by atoms with Crippen molar-refractivity contribution in [3.05, 3.63) is 219 Å². The Morgan fingerprint density at radius 1 is 0.295 bits per heavy atom. The zero-order valence-electron chi connectivity index (χ0n) is 33.0. The smallest absolute Gasteiger partial charge is 0.164 e. The Bertz CT molecular complexity index is 3310. The molecule has 0 aliphatic rings. The average molecular weight is 781 g/mol. The molecule has 11 rings (SSSR count). The second kappa shape index (κ2) is 15.5. The van der Waals surface area contributed by atoms with Crippen LogP contribution in [0, 0.1) is 0 Å². The van der Waals surface area contributed by atoms with E-state index in [1.54, 1.807) is 0 Å². The lowest BCUT2D eigenvalue weighted by Crippen LogP contribution is -2.00. The summed E-state index contributed by atoms with van der Waals surface area (Å²) in [6, 6.07) is 73.4. The molecule has 0 saturated carbocycles. The highest BCUT2D eigenvalue weighted by Gasteiger charge is 2.21. The van der Waals surface area contributed by atoms with E-state index >= 15 is 0 Å². The molecule has 0 aliphatic carbocycles. The van der Waals surface area contributed by atoms with E-state index in [1.165, 1.54) is 16.7 Å². The summed E-state index contributed by atoms with van der Waals surface area (Å²) in [6.45, 7) is 0. The van der Waals surface area contributed by atoms with Crippen LogP contribution in [0.5, 0.6) is 0 Å². The first-order valence-electron chi connectivity index (χ1n) is 20.4. The molecule has 0 atom stereocenters. The predicted molar refractivity (Wildman–Crippen MR) is 248 cm³/mol. The van der Waals surface area contributed by atoms with E-state index in [4.69, 9.17) is 24.4 Å². The van der Waals surface area contributed by atoms with Gasteiger partial charge in [-0.1, -0.05) is 194 Å². The van der Waals surface area contributed by atoms with Crippen LogP contribution in [-0.2, 0) is 0 Å². The minimum absolute atomic E-state index is 0.539. The number of aromatic nitrogens is 4. The van der Waals surface area contributed by atoms with E-state index in [2.05, 4.69) is 170 Å². The lowest BCUT2D eigenvalue weighted by molar-refractivity contribution is 0.669. The van der Waals surface area contributed by atoms with E-state index < -0.39 is 0 Å². The number of hydrogen-bond donors (Lipinski definition) is 0. The van der Waals surface area contributed by atoms with Crippen molar-refractivity contribution >= 4 is 22.1 Å². The van der Waals surface area contributed by atoms with E-state index in [1.807, 2.05) is 48.7 Å². The SMILES string of the molecule is c1ccc(-c2ccc(-c3cccc(-c4nc(-c5ccc(-c6ccccc6)cc5)nc(-c5cccc6oc7c(-c8ccc(-c9ccccc9)cc8)ccnc7c56)n4)c3)cc2)cc1. The van der Waals surface area contributed by atoms with Crippen LogP contribution in [0.3, 0.4) is 0 Å². The van der Waals surface area contributed by atoms with Gasteiger partial charge >= 0.3 is 0 Å². The van der Waals surface area contributed by atoms with E-state index in [0.29, 0.717) is 23.1 Å². The maximum absolute atomic E-state index is 6.67. The highest BCUT2D eigenvalue weighted by atomic mass is 16.3. The molecule has 286 valence electrons.